The number of rotatable bonds is 11. The number of carbonyl (C=O) groups excluding carboxylic acids is 1. The minimum Gasteiger partial charge on any atom is -0.495 e. The molecule has 230 valence electrons. The van der Waals surface area contributed by atoms with E-state index >= 15 is 0 Å². The van der Waals surface area contributed by atoms with Gasteiger partial charge in [0.05, 0.1) is 39.7 Å². The van der Waals surface area contributed by atoms with E-state index in [0.29, 0.717) is 57.3 Å². The smallest absolute Gasteiger partial charge is 0.255 e. The highest BCUT2D eigenvalue weighted by Gasteiger charge is 2.36. The van der Waals surface area contributed by atoms with Gasteiger partial charge in [-0.25, -0.2) is 4.68 Å². The van der Waals surface area contributed by atoms with E-state index in [1.54, 1.807) is 45.3 Å². The Hall–Kier alpha value is -5.19. The Labute approximate surface area is 257 Å². The summed E-state index contributed by atoms with van der Waals surface area (Å²) in [6.07, 6.45) is 0. The van der Waals surface area contributed by atoms with Gasteiger partial charge in [0.2, 0.25) is 11.7 Å². The van der Waals surface area contributed by atoms with Gasteiger partial charge < -0.3 is 34.5 Å². The zero-order chi connectivity index (χ0) is 31.4. The second kappa shape index (κ2) is 13.0. The van der Waals surface area contributed by atoms with E-state index < -0.39 is 6.04 Å². The molecule has 5 rings (SSSR count). The molecule has 0 radical (unpaired) electrons. The molecule has 44 heavy (non-hydrogen) atoms. The topological polar surface area (TPSA) is 112 Å². The van der Waals surface area contributed by atoms with Crippen LogP contribution >= 0.6 is 0 Å². The predicted molar refractivity (Wildman–Crippen MR) is 171 cm³/mol. The molecule has 0 bridgehead atoms. The summed E-state index contributed by atoms with van der Waals surface area (Å²) < 4.78 is 24.1. The number of hydrogen-bond acceptors (Lipinski definition) is 9. The molecule has 3 aromatic carbocycles. The lowest BCUT2D eigenvalue weighted by atomic mass is 9.94. The number of para-hydroxylation sites is 2. The molecule has 0 aliphatic carbocycles. The summed E-state index contributed by atoms with van der Waals surface area (Å²) in [7, 11) is 6.23. The molecule has 2 N–H and O–H groups in total. The molecule has 0 spiro atoms. The number of ether oxygens (including phenoxy) is 4. The van der Waals surface area contributed by atoms with Gasteiger partial charge in [-0.15, -0.1) is 5.10 Å². The van der Waals surface area contributed by atoms with Crippen molar-refractivity contribution in [2.75, 3.05) is 57.1 Å². The highest BCUT2D eigenvalue weighted by atomic mass is 16.5. The molecule has 0 fully saturated rings. The van der Waals surface area contributed by atoms with Crippen LogP contribution in [-0.2, 0) is 4.79 Å². The maximum atomic E-state index is 14.1. The molecule has 0 saturated heterocycles. The molecule has 1 aliphatic heterocycles. The lowest BCUT2D eigenvalue weighted by Crippen LogP contribution is -2.31. The first kappa shape index (κ1) is 30.3. The van der Waals surface area contributed by atoms with Gasteiger partial charge in [-0.05, 0) is 74.9 Å². The van der Waals surface area contributed by atoms with E-state index in [1.165, 1.54) is 0 Å². The monoisotopic (exact) mass is 598 g/mol. The van der Waals surface area contributed by atoms with Crippen LogP contribution in [-0.4, -0.2) is 62.2 Å². The van der Waals surface area contributed by atoms with Gasteiger partial charge in [0.1, 0.15) is 11.8 Å². The van der Waals surface area contributed by atoms with E-state index in [-0.39, 0.29) is 5.91 Å². The molecule has 11 nitrogen and oxygen atoms in total. The molecule has 4 aromatic rings. The van der Waals surface area contributed by atoms with E-state index in [2.05, 4.69) is 41.5 Å². The highest BCUT2D eigenvalue weighted by Crippen LogP contribution is 2.44. The van der Waals surface area contributed by atoms with Gasteiger partial charge in [-0.1, -0.05) is 12.1 Å². The Kier molecular flexibility index (Phi) is 8.94. The molecule has 1 amide bonds. The fourth-order valence-electron chi connectivity index (χ4n) is 5.48. The number of hydrogen-bond donors (Lipinski definition) is 2. The van der Waals surface area contributed by atoms with Crippen LogP contribution in [0.5, 0.6) is 23.0 Å². The molecule has 11 heteroatoms. The molecule has 0 saturated carbocycles. The van der Waals surface area contributed by atoms with E-state index in [1.807, 2.05) is 43.3 Å². The van der Waals surface area contributed by atoms with Crippen LogP contribution in [0, 0.1) is 0 Å². The SMILES string of the molecule is CCN(CC)c1ccc(-c2nc3n(n2)C(c2cc(OC)c(OC)c(OC)c2)C(C(=O)Nc2ccccc2OC)=C(C)N3)cc1. The summed E-state index contributed by atoms with van der Waals surface area (Å²) in [6.45, 7) is 7.94. The summed E-state index contributed by atoms with van der Waals surface area (Å²) in [4.78, 5) is 21.2. The van der Waals surface area contributed by atoms with E-state index in [9.17, 15) is 4.79 Å². The zero-order valence-corrected chi connectivity index (χ0v) is 26.1. The first-order chi connectivity index (χ1) is 21.4. The number of anilines is 3. The second-order valence-corrected chi connectivity index (χ2v) is 10.1. The Morgan fingerprint density at radius 3 is 2.14 bits per heavy atom. The Bertz CT molecular complexity index is 1650. The Balaban J connectivity index is 1.63. The van der Waals surface area contributed by atoms with Crippen molar-refractivity contribution in [3.05, 3.63) is 77.5 Å². The Morgan fingerprint density at radius 1 is 0.909 bits per heavy atom. The van der Waals surface area contributed by atoms with Gasteiger partial charge in [0.15, 0.2) is 17.3 Å². The standard InChI is InChI=1S/C33H38N6O5/c1-8-38(9-2)23-16-14-21(15-17-23)31-36-33-34-20(3)28(32(40)35-24-12-10-11-13-25(24)41-4)29(39(33)37-31)22-18-26(42-5)30(44-7)27(19-22)43-6/h10-19,29H,8-9H2,1-7H3,(H,35,40)(H,34,36,37). The van der Waals surface area contributed by atoms with Gasteiger partial charge in [0, 0.05) is 30.0 Å². The third-order valence-electron chi connectivity index (χ3n) is 7.71. The molecule has 1 aromatic heterocycles. The summed E-state index contributed by atoms with van der Waals surface area (Å²) in [5.41, 5.74) is 4.28. The molecule has 2 heterocycles. The van der Waals surface area contributed by atoms with Gasteiger partial charge in [-0.3, -0.25) is 4.79 Å². The number of nitrogens with zero attached hydrogens (tertiary/aromatic N) is 4. The first-order valence-corrected chi connectivity index (χ1v) is 14.4. The summed E-state index contributed by atoms with van der Waals surface area (Å²) in [5.74, 6) is 2.59. The lowest BCUT2D eigenvalue weighted by Gasteiger charge is -2.29. The van der Waals surface area contributed by atoms with E-state index in [0.717, 1.165) is 24.3 Å². The molecule has 1 unspecified atom stereocenters. The largest absolute Gasteiger partial charge is 0.495 e. The van der Waals surface area contributed by atoms with Crippen molar-refractivity contribution in [1.82, 2.24) is 14.8 Å². The number of fused-ring (bicyclic) bond motifs is 1. The molecule has 1 aliphatic rings. The van der Waals surface area contributed by atoms with Crippen molar-refractivity contribution in [2.45, 2.75) is 26.8 Å². The van der Waals surface area contributed by atoms with Gasteiger partial charge in [0.25, 0.3) is 5.91 Å². The minimum atomic E-state index is -0.689. The zero-order valence-electron chi connectivity index (χ0n) is 26.1. The third kappa shape index (κ3) is 5.60. The van der Waals surface area contributed by atoms with Crippen LogP contribution in [0.4, 0.5) is 17.3 Å². The summed E-state index contributed by atoms with van der Waals surface area (Å²) in [5, 5.41) is 11.3. The first-order valence-electron chi connectivity index (χ1n) is 14.4. The van der Waals surface area contributed by atoms with Gasteiger partial charge >= 0.3 is 0 Å². The third-order valence-corrected chi connectivity index (χ3v) is 7.71. The number of aromatic nitrogens is 3. The van der Waals surface area contributed by atoms with Crippen LogP contribution in [0.3, 0.4) is 0 Å². The van der Waals surface area contributed by atoms with Crippen LogP contribution < -0.4 is 34.5 Å². The number of amides is 1. The van der Waals surface area contributed by atoms with Crippen molar-refractivity contribution in [3.63, 3.8) is 0 Å². The van der Waals surface area contributed by atoms with Crippen molar-refractivity contribution in [2.24, 2.45) is 0 Å². The van der Waals surface area contributed by atoms with Crippen molar-refractivity contribution >= 4 is 23.2 Å². The number of nitrogens with one attached hydrogen (secondary N) is 2. The normalized spacial score (nSPS) is 13.9. The summed E-state index contributed by atoms with van der Waals surface area (Å²) >= 11 is 0. The highest BCUT2D eigenvalue weighted by molar-refractivity contribution is 6.06. The minimum absolute atomic E-state index is 0.329. The van der Waals surface area contributed by atoms with E-state index in [4.69, 9.17) is 29.0 Å². The number of benzene rings is 3. The number of methoxy groups -OCH3 is 4. The maximum absolute atomic E-state index is 14.1. The lowest BCUT2D eigenvalue weighted by molar-refractivity contribution is -0.113. The maximum Gasteiger partial charge on any atom is 0.255 e. The van der Waals surface area contributed by atoms with Crippen LogP contribution in [0.1, 0.15) is 32.4 Å². The average molecular weight is 599 g/mol. The summed E-state index contributed by atoms with van der Waals surface area (Å²) in [6, 6.07) is 18.4. The molecule has 1 atom stereocenters. The van der Waals surface area contributed by atoms with Crippen LogP contribution in [0.2, 0.25) is 0 Å². The predicted octanol–water partition coefficient (Wildman–Crippen LogP) is 5.75. The van der Waals surface area contributed by atoms with Crippen LogP contribution in [0.25, 0.3) is 11.4 Å². The average Bonchev–Trinajstić information content (AvgIpc) is 3.48. The van der Waals surface area contributed by atoms with Crippen molar-refractivity contribution in [1.29, 1.82) is 0 Å². The fourth-order valence-corrected chi connectivity index (χ4v) is 5.48. The second-order valence-electron chi connectivity index (χ2n) is 10.1. The fraction of sp³-hybridized carbons (Fsp3) is 0.303. The quantitative estimate of drug-likeness (QED) is 0.223. The van der Waals surface area contributed by atoms with Gasteiger partial charge in [-0.2, -0.15) is 4.98 Å². The Morgan fingerprint density at radius 2 is 1.55 bits per heavy atom. The van der Waals surface area contributed by atoms with Crippen molar-refractivity contribution < 1.29 is 23.7 Å². The van der Waals surface area contributed by atoms with Crippen LogP contribution in [0.15, 0.2) is 71.9 Å². The molecular weight excluding hydrogens is 560 g/mol. The number of allylic oxidation sites excluding steroid dienone is 1. The van der Waals surface area contributed by atoms with Crippen molar-refractivity contribution in [3.8, 4) is 34.4 Å². The number of carbonyl (C=O) groups is 1. The molecular formula is C33H38N6O5.